The van der Waals surface area contributed by atoms with Crippen molar-refractivity contribution in [3.05, 3.63) is 35.9 Å². The molecule has 1 aliphatic heterocycles. The minimum absolute atomic E-state index is 0.325. The first-order valence-corrected chi connectivity index (χ1v) is 7.61. The Hall–Kier alpha value is -1.59. The maximum atomic E-state index is 12.4. The van der Waals surface area contributed by atoms with Gasteiger partial charge in [-0.3, -0.25) is 9.59 Å². The highest BCUT2D eigenvalue weighted by atomic mass is 35.5. The van der Waals surface area contributed by atoms with E-state index in [1.165, 1.54) is 0 Å². The van der Waals surface area contributed by atoms with E-state index in [1.807, 2.05) is 18.2 Å². The molecule has 1 atom stereocenters. The zero-order valence-electron chi connectivity index (χ0n) is 12.5. The smallest absolute Gasteiger partial charge is 0.277 e. The van der Waals surface area contributed by atoms with Crippen LogP contribution in [0.3, 0.4) is 0 Å². The molecule has 0 saturated carbocycles. The van der Waals surface area contributed by atoms with Gasteiger partial charge < -0.3 is 10.6 Å². The molecule has 22 heavy (non-hydrogen) atoms. The minimum atomic E-state index is -1.72. The van der Waals surface area contributed by atoms with Crippen molar-refractivity contribution in [2.45, 2.75) is 31.3 Å². The van der Waals surface area contributed by atoms with E-state index in [0.717, 1.165) is 0 Å². The highest BCUT2D eigenvalue weighted by Gasteiger charge is 2.51. The van der Waals surface area contributed by atoms with Crippen LogP contribution in [0.25, 0.3) is 0 Å². The van der Waals surface area contributed by atoms with Gasteiger partial charge in [0.1, 0.15) is 5.84 Å². The van der Waals surface area contributed by atoms with Crippen molar-refractivity contribution in [3.8, 4) is 0 Å². The normalized spacial score (nSPS) is 21.5. The average Bonchev–Trinajstić information content (AvgIpc) is 2.77. The van der Waals surface area contributed by atoms with Gasteiger partial charge >= 0.3 is 0 Å². The van der Waals surface area contributed by atoms with Crippen LogP contribution in [-0.2, 0) is 9.59 Å². The fourth-order valence-electron chi connectivity index (χ4n) is 1.84. The number of benzene rings is 1. The van der Waals surface area contributed by atoms with Crippen LogP contribution in [0.5, 0.6) is 0 Å². The van der Waals surface area contributed by atoms with Crippen LogP contribution in [0, 0.1) is 5.41 Å². The summed E-state index contributed by atoms with van der Waals surface area (Å²) in [6.07, 6.45) is 0. The van der Waals surface area contributed by atoms with Crippen molar-refractivity contribution >= 4 is 40.9 Å². The fraction of sp³-hybridized carbons (Fsp3) is 0.400. The average molecular weight is 342 g/mol. The summed E-state index contributed by atoms with van der Waals surface area (Å²) in [5, 5.41) is 5.21. The summed E-state index contributed by atoms with van der Waals surface area (Å²) >= 11 is 11.9. The molecule has 0 fully saturated rings. The van der Waals surface area contributed by atoms with Crippen LogP contribution in [-0.4, -0.2) is 28.1 Å². The van der Waals surface area contributed by atoms with Crippen LogP contribution >= 0.6 is 23.2 Å². The lowest BCUT2D eigenvalue weighted by Crippen LogP contribution is -2.60. The molecular weight excluding hydrogens is 325 g/mol. The van der Waals surface area contributed by atoms with E-state index in [9.17, 15) is 9.59 Å². The van der Waals surface area contributed by atoms with Gasteiger partial charge in [-0.05, 0) is 0 Å². The highest BCUT2D eigenvalue weighted by molar-refractivity contribution is 6.47. The Kier molecular flexibility index (Phi) is 4.49. The summed E-state index contributed by atoms with van der Waals surface area (Å²) < 4.78 is 0. The molecular formula is C15H17Cl2N3O2. The van der Waals surface area contributed by atoms with Crippen molar-refractivity contribution in [1.82, 2.24) is 10.6 Å². The van der Waals surface area contributed by atoms with E-state index in [2.05, 4.69) is 15.6 Å². The molecule has 2 N–H and O–H groups in total. The van der Waals surface area contributed by atoms with Gasteiger partial charge in [0, 0.05) is 11.0 Å². The van der Waals surface area contributed by atoms with Crippen molar-refractivity contribution < 1.29 is 9.59 Å². The Morgan fingerprint density at radius 2 is 1.86 bits per heavy atom. The molecule has 118 valence electrons. The van der Waals surface area contributed by atoms with Crippen LogP contribution in [0.4, 0.5) is 0 Å². The van der Waals surface area contributed by atoms with E-state index < -0.39 is 21.8 Å². The fourth-order valence-corrected chi connectivity index (χ4v) is 2.24. The molecule has 0 radical (unpaired) electrons. The summed E-state index contributed by atoms with van der Waals surface area (Å²) in [6, 6.07) is 9.06. The molecule has 1 aromatic carbocycles. The molecule has 1 aliphatic rings. The van der Waals surface area contributed by atoms with Crippen molar-refractivity contribution in [2.24, 2.45) is 10.4 Å². The molecule has 0 aliphatic carbocycles. The van der Waals surface area contributed by atoms with E-state index >= 15 is 0 Å². The number of hydrogen-bond donors (Lipinski definition) is 2. The number of alkyl halides is 2. The number of nitrogens with one attached hydrogen (secondary N) is 2. The first-order chi connectivity index (χ1) is 10.2. The van der Waals surface area contributed by atoms with Gasteiger partial charge in [0.25, 0.3) is 5.91 Å². The first-order valence-electron chi connectivity index (χ1n) is 6.74. The Morgan fingerprint density at radius 1 is 1.27 bits per heavy atom. The van der Waals surface area contributed by atoms with E-state index in [0.29, 0.717) is 11.4 Å². The molecule has 0 unspecified atom stereocenters. The largest absolute Gasteiger partial charge is 0.321 e. The van der Waals surface area contributed by atoms with Crippen LogP contribution in [0.1, 0.15) is 26.3 Å². The number of aliphatic imine (C=N–C) groups is 1. The third-order valence-electron chi connectivity index (χ3n) is 3.21. The van der Waals surface area contributed by atoms with Crippen LogP contribution in [0.2, 0.25) is 0 Å². The van der Waals surface area contributed by atoms with Gasteiger partial charge in [-0.25, -0.2) is 4.99 Å². The van der Waals surface area contributed by atoms with Crippen molar-refractivity contribution in [3.63, 3.8) is 0 Å². The number of carbonyl (C=O) groups excluding carboxylic acids is 2. The van der Waals surface area contributed by atoms with Gasteiger partial charge in [0.15, 0.2) is 4.84 Å². The predicted molar refractivity (Wildman–Crippen MR) is 86.9 cm³/mol. The molecule has 5 nitrogen and oxygen atoms in total. The van der Waals surface area contributed by atoms with Gasteiger partial charge in [-0.15, -0.1) is 0 Å². The van der Waals surface area contributed by atoms with E-state index in [4.69, 9.17) is 23.2 Å². The topological polar surface area (TPSA) is 70.6 Å². The molecule has 0 saturated heterocycles. The number of amidine groups is 1. The quantitative estimate of drug-likeness (QED) is 0.827. The first kappa shape index (κ1) is 16.8. The Bertz CT molecular complexity index is 623. The number of nitrogens with zero attached hydrogens (tertiary/aromatic N) is 1. The Labute approximate surface area is 139 Å². The Balaban J connectivity index is 2.41. The third kappa shape index (κ3) is 3.10. The summed E-state index contributed by atoms with van der Waals surface area (Å²) in [5.41, 5.74) is -1.73. The lowest BCUT2D eigenvalue weighted by atomic mass is 9.94. The van der Waals surface area contributed by atoms with Crippen LogP contribution in [0.15, 0.2) is 35.3 Å². The van der Waals surface area contributed by atoms with E-state index in [-0.39, 0.29) is 5.91 Å². The number of carbonyl (C=O) groups is 2. The van der Waals surface area contributed by atoms with Gasteiger partial charge in [0.05, 0.1) is 0 Å². The minimum Gasteiger partial charge on any atom is -0.321 e. The standard InChI is InChI=1S/C15H17Cl2N3O2/c1-14(2,3)12(21)20-15(11(16)17)13(22)18-10(19-15)9-7-5-4-6-8-9/h4-8,11H,1-3H3,(H,20,21)(H,18,19,22)/t15-/m1/s1. The highest BCUT2D eigenvalue weighted by Crippen LogP contribution is 2.29. The summed E-state index contributed by atoms with van der Waals surface area (Å²) in [6.45, 7) is 5.17. The predicted octanol–water partition coefficient (Wildman–Crippen LogP) is 2.23. The van der Waals surface area contributed by atoms with Gasteiger partial charge in [-0.1, -0.05) is 74.3 Å². The van der Waals surface area contributed by atoms with Crippen molar-refractivity contribution in [1.29, 1.82) is 0 Å². The molecule has 2 rings (SSSR count). The molecule has 0 aromatic heterocycles. The Morgan fingerprint density at radius 3 is 2.36 bits per heavy atom. The second-order valence-electron chi connectivity index (χ2n) is 6.05. The van der Waals surface area contributed by atoms with Crippen molar-refractivity contribution in [2.75, 3.05) is 0 Å². The summed E-state index contributed by atoms with van der Waals surface area (Å²) in [4.78, 5) is 27.7. The second-order valence-corrected chi connectivity index (χ2v) is 7.15. The lowest BCUT2D eigenvalue weighted by Gasteiger charge is -2.29. The second kappa shape index (κ2) is 5.89. The molecule has 0 spiro atoms. The van der Waals surface area contributed by atoms with Crippen LogP contribution < -0.4 is 10.6 Å². The summed E-state index contributed by atoms with van der Waals surface area (Å²) in [7, 11) is 0. The molecule has 1 heterocycles. The zero-order chi connectivity index (χ0) is 16.5. The SMILES string of the molecule is CC(C)(C)C(=O)N[C@@]1(C(Cl)Cl)N=C(c2ccccc2)NC1=O. The summed E-state index contributed by atoms with van der Waals surface area (Å²) in [5.74, 6) is -0.600. The van der Waals surface area contributed by atoms with E-state index in [1.54, 1.807) is 32.9 Å². The molecule has 7 heteroatoms. The monoisotopic (exact) mass is 341 g/mol. The molecule has 1 aromatic rings. The lowest BCUT2D eigenvalue weighted by molar-refractivity contribution is -0.135. The number of amides is 2. The zero-order valence-corrected chi connectivity index (χ0v) is 14.0. The number of halogens is 2. The molecule has 0 bridgehead atoms. The number of hydrogen-bond acceptors (Lipinski definition) is 3. The van der Waals surface area contributed by atoms with Gasteiger partial charge in [0.2, 0.25) is 11.6 Å². The maximum absolute atomic E-state index is 12.4. The number of rotatable bonds is 3. The van der Waals surface area contributed by atoms with Gasteiger partial charge in [-0.2, -0.15) is 0 Å². The molecule has 2 amide bonds. The third-order valence-corrected chi connectivity index (χ3v) is 3.85. The maximum Gasteiger partial charge on any atom is 0.277 e.